The number of aliphatic hydroxyl groups excluding tert-OH is 1. The first-order valence-electron chi connectivity index (χ1n) is 5.18. The van der Waals surface area contributed by atoms with Gasteiger partial charge in [0.1, 0.15) is 6.23 Å². The van der Waals surface area contributed by atoms with Crippen LogP contribution in [0.5, 0.6) is 0 Å². The monoisotopic (exact) mass is 226 g/mol. The van der Waals surface area contributed by atoms with Gasteiger partial charge >= 0.3 is 5.69 Å². The molecule has 0 saturated carbocycles. The van der Waals surface area contributed by atoms with Crippen molar-refractivity contribution in [1.82, 2.24) is 9.13 Å². The molecule has 1 N–H and O–H groups in total. The van der Waals surface area contributed by atoms with Gasteiger partial charge in [-0.2, -0.15) is 0 Å². The molecule has 0 bridgehead atoms. The number of aliphatic hydroxyl groups is 1. The van der Waals surface area contributed by atoms with E-state index in [0.29, 0.717) is 6.42 Å². The van der Waals surface area contributed by atoms with Crippen molar-refractivity contribution < 1.29 is 9.84 Å². The van der Waals surface area contributed by atoms with Gasteiger partial charge in [-0.3, -0.25) is 13.9 Å². The van der Waals surface area contributed by atoms with Crippen molar-refractivity contribution in [2.24, 2.45) is 7.05 Å². The summed E-state index contributed by atoms with van der Waals surface area (Å²) in [6, 6.07) is 1.33. The highest BCUT2D eigenvalue weighted by Crippen LogP contribution is 2.26. The van der Waals surface area contributed by atoms with E-state index in [1.807, 2.05) is 0 Å². The molecule has 0 aliphatic carbocycles. The molecule has 1 aliphatic heterocycles. The average molecular weight is 226 g/mol. The van der Waals surface area contributed by atoms with E-state index in [-0.39, 0.29) is 24.5 Å². The average Bonchev–Trinajstić information content (AvgIpc) is 2.74. The second-order valence-corrected chi connectivity index (χ2v) is 3.88. The Morgan fingerprint density at radius 1 is 1.50 bits per heavy atom. The van der Waals surface area contributed by atoms with Crippen LogP contribution in [0.1, 0.15) is 19.1 Å². The smallest absolute Gasteiger partial charge is 0.332 e. The van der Waals surface area contributed by atoms with Crippen LogP contribution in [0.3, 0.4) is 0 Å². The Morgan fingerprint density at radius 2 is 2.25 bits per heavy atom. The van der Waals surface area contributed by atoms with Crippen LogP contribution >= 0.6 is 0 Å². The van der Waals surface area contributed by atoms with Gasteiger partial charge in [-0.25, -0.2) is 4.79 Å². The van der Waals surface area contributed by atoms with Crippen LogP contribution in [-0.4, -0.2) is 27.0 Å². The molecule has 1 aliphatic rings. The van der Waals surface area contributed by atoms with Gasteiger partial charge in [0, 0.05) is 19.3 Å². The predicted molar refractivity (Wildman–Crippen MR) is 56.2 cm³/mol. The van der Waals surface area contributed by atoms with E-state index in [1.165, 1.54) is 23.9 Å². The molecule has 1 aromatic heterocycles. The molecule has 1 saturated heterocycles. The molecule has 2 heterocycles. The molecular weight excluding hydrogens is 212 g/mol. The SMILES string of the molecule is Cn1c(=O)ccn([C@H]2CC[C@@H](CO)O2)c1=O. The summed E-state index contributed by atoms with van der Waals surface area (Å²) in [5, 5.41) is 8.93. The third-order valence-corrected chi connectivity index (χ3v) is 2.82. The number of nitrogens with zero attached hydrogens (tertiary/aromatic N) is 2. The van der Waals surface area contributed by atoms with Gasteiger partial charge in [-0.1, -0.05) is 0 Å². The van der Waals surface area contributed by atoms with Crippen molar-refractivity contribution in [1.29, 1.82) is 0 Å². The summed E-state index contributed by atoms with van der Waals surface area (Å²) in [7, 11) is 1.43. The van der Waals surface area contributed by atoms with Crippen LogP contribution in [0, 0.1) is 0 Å². The first-order valence-corrected chi connectivity index (χ1v) is 5.18. The van der Waals surface area contributed by atoms with E-state index in [1.54, 1.807) is 0 Å². The Morgan fingerprint density at radius 3 is 2.88 bits per heavy atom. The molecule has 16 heavy (non-hydrogen) atoms. The maximum Gasteiger partial charge on any atom is 0.332 e. The second-order valence-electron chi connectivity index (χ2n) is 3.88. The molecule has 0 unspecified atom stereocenters. The molecule has 6 nitrogen and oxygen atoms in total. The number of hydrogen-bond acceptors (Lipinski definition) is 4. The van der Waals surface area contributed by atoms with E-state index in [4.69, 9.17) is 9.84 Å². The maximum absolute atomic E-state index is 11.8. The van der Waals surface area contributed by atoms with E-state index in [0.717, 1.165) is 11.0 Å². The Kier molecular flexibility index (Phi) is 2.93. The standard InChI is InChI=1S/C10H14N2O4/c1-11-8(14)4-5-12(10(11)15)9-3-2-7(6-13)16-9/h4-5,7,9,13H,2-3,6H2,1H3/t7-,9+/m0/s1. The summed E-state index contributed by atoms with van der Waals surface area (Å²) < 4.78 is 7.89. The maximum atomic E-state index is 11.8. The minimum absolute atomic E-state index is 0.0446. The molecule has 88 valence electrons. The van der Waals surface area contributed by atoms with Crippen molar-refractivity contribution in [3.05, 3.63) is 33.1 Å². The summed E-state index contributed by atoms with van der Waals surface area (Å²) in [6.07, 6.45) is 2.24. The van der Waals surface area contributed by atoms with Crippen molar-refractivity contribution in [3.63, 3.8) is 0 Å². The number of ether oxygens (including phenoxy) is 1. The van der Waals surface area contributed by atoms with Gasteiger partial charge in [0.2, 0.25) is 0 Å². The highest BCUT2D eigenvalue weighted by Gasteiger charge is 2.26. The van der Waals surface area contributed by atoms with Gasteiger partial charge in [-0.15, -0.1) is 0 Å². The number of aromatic nitrogens is 2. The summed E-state index contributed by atoms with van der Waals surface area (Å²) in [5.74, 6) is 0. The zero-order valence-electron chi connectivity index (χ0n) is 9.00. The van der Waals surface area contributed by atoms with E-state index in [2.05, 4.69) is 0 Å². The van der Waals surface area contributed by atoms with Crippen LogP contribution in [0.25, 0.3) is 0 Å². The topological polar surface area (TPSA) is 73.5 Å². The fourth-order valence-corrected chi connectivity index (χ4v) is 1.83. The molecule has 2 atom stereocenters. The van der Waals surface area contributed by atoms with Crippen molar-refractivity contribution in [2.75, 3.05) is 6.61 Å². The van der Waals surface area contributed by atoms with Gasteiger partial charge in [0.25, 0.3) is 5.56 Å². The molecular formula is C10H14N2O4. The van der Waals surface area contributed by atoms with Crippen molar-refractivity contribution >= 4 is 0 Å². The molecule has 0 radical (unpaired) electrons. The van der Waals surface area contributed by atoms with Crippen LogP contribution in [0.2, 0.25) is 0 Å². The molecule has 1 aromatic rings. The summed E-state index contributed by atoms with van der Waals surface area (Å²) in [4.78, 5) is 23.0. The Labute approximate surface area is 91.7 Å². The van der Waals surface area contributed by atoms with E-state index in [9.17, 15) is 9.59 Å². The number of hydrogen-bond donors (Lipinski definition) is 1. The normalized spacial score (nSPS) is 24.9. The van der Waals surface area contributed by atoms with Gasteiger partial charge in [-0.05, 0) is 12.8 Å². The lowest BCUT2D eigenvalue weighted by molar-refractivity contribution is -0.0251. The molecule has 0 spiro atoms. The molecule has 1 fully saturated rings. The fourth-order valence-electron chi connectivity index (χ4n) is 1.83. The summed E-state index contributed by atoms with van der Waals surface area (Å²) >= 11 is 0. The van der Waals surface area contributed by atoms with Gasteiger partial charge < -0.3 is 9.84 Å². The molecule has 0 amide bonds. The third-order valence-electron chi connectivity index (χ3n) is 2.82. The lowest BCUT2D eigenvalue weighted by Crippen LogP contribution is -2.38. The first-order chi connectivity index (χ1) is 7.63. The van der Waals surface area contributed by atoms with Crippen LogP contribution in [0.4, 0.5) is 0 Å². The van der Waals surface area contributed by atoms with Crippen LogP contribution in [0.15, 0.2) is 21.9 Å². The first kappa shape index (κ1) is 11.1. The highest BCUT2D eigenvalue weighted by atomic mass is 16.5. The number of rotatable bonds is 2. The largest absolute Gasteiger partial charge is 0.394 e. The van der Waals surface area contributed by atoms with E-state index >= 15 is 0 Å². The lowest BCUT2D eigenvalue weighted by Gasteiger charge is -2.15. The zero-order valence-corrected chi connectivity index (χ0v) is 9.00. The van der Waals surface area contributed by atoms with Crippen molar-refractivity contribution in [3.8, 4) is 0 Å². The minimum Gasteiger partial charge on any atom is -0.394 e. The fraction of sp³-hybridized carbons (Fsp3) is 0.600. The van der Waals surface area contributed by atoms with E-state index < -0.39 is 5.69 Å². The summed E-state index contributed by atoms with van der Waals surface area (Å²) in [6.45, 7) is -0.0446. The Balaban J connectivity index is 2.33. The molecule has 0 aromatic carbocycles. The lowest BCUT2D eigenvalue weighted by atomic mass is 10.2. The Bertz CT molecular complexity index is 490. The van der Waals surface area contributed by atoms with Crippen LogP contribution in [-0.2, 0) is 11.8 Å². The molecule has 2 rings (SSSR count). The predicted octanol–water partition coefficient (Wildman–Crippen LogP) is -0.783. The minimum atomic E-state index is -0.393. The second kappa shape index (κ2) is 4.23. The quantitative estimate of drug-likeness (QED) is 0.717. The van der Waals surface area contributed by atoms with Gasteiger partial charge in [0.15, 0.2) is 0 Å². The van der Waals surface area contributed by atoms with Gasteiger partial charge in [0.05, 0.1) is 12.7 Å². The molecule has 6 heteroatoms. The van der Waals surface area contributed by atoms with Crippen molar-refractivity contribution in [2.45, 2.75) is 25.2 Å². The Hall–Kier alpha value is -1.40. The highest BCUT2D eigenvalue weighted by molar-refractivity contribution is 4.88. The third kappa shape index (κ3) is 1.81. The van der Waals surface area contributed by atoms with Crippen LogP contribution < -0.4 is 11.2 Å². The zero-order chi connectivity index (χ0) is 11.7. The summed E-state index contributed by atoms with van der Waals surface area (Å²) in [5.41, 5.74) is -0.728.